The summed E-state index contributed by atoms with van der Waals surface area (Å²) in [6.07, 6.45) is 1.82. The van der Waals surface area contributed by atoms with E-state index in [1.165, 1.54) is 0 Å². The largest absolute Gasteiger partial charge is 0.497 e. The third kappa shape index (κ3) is 3.35. The quantitative estimate of drug-likeness (QED) is 0.395. The standard InChI is InChI=1S/C22H17N3O2/c1-27-18-13-11-16(12-14-18)15-21(22(26)17-7-3-2-4-8-17)25-20-10-6-5-9-19(20)23-24-25/h2-15H,1H3/b21-15+. The van der Waals surface area contributed by atoms with Crippen LogP contribution in [0.25, 0.3) is 22.8 Å². The molecule has 5 heteroatoms. The molecule has 3 aromatic carbocycles. The number of methoxy groups -OCH3 is 1. The number of allylic oxidation sites excluding steroid dienone is 1. The van der Waals surface area contributed by atoms with Crippen molar-refractivity contribution >= 4 is 28.6 Å². The van der Waals surface area contributed by atoms with Crippen LogP contribution in [-0.2, 0) is 0 Å². The normalized spacial score (nSPS) is 11.5. The highest BCUT2D eigenvalue weighted by Crippen LogP contribution is 2.22. The number of para-hydroxylation sites is 1. The van der Waals surface area contributed by atoms with Crippen LogP contribution in [0.2, 0.25) is 0 Å². The van der Waals surface area contributed by atoms with Crippen LogP contribution in [0.1, 0.15) is 15.9 Å². The van der Waals surface area contributed by atoms with Gasteiger partial charge in [-0.1, -0.05) is 59.8 Å². The Hall–Kier alpha value is -3.73. The zero-order valence-electron chi connectivity index (χ0n) is 14.7. The Morgan fingerprint density at radius 1 is 0.926 bits per heavy atom. The number of Topliss-reactive ketones (excluding diaryl/α,β-unsaturated/α-hetero) is 1. The Labute approximate surface area is 156 Å². The molecule has 0 unspecified atom stereocenters. The fourth-order valence-electron chi connectivity index (χ4n) is 2.87. The van der Waals surface area contributed by atoms with Gasteiger partial charge in [0.2, 0.25) is 5.78 Å². The number of benzene rings is 3. The van der Waals surface area contributed by atoms with Gasteiger partial charge in [-0.2, -0.15) is 0 Å². The predicted octanol–water partition coefficient (Wildman–Crippen LogP) is 4.32. The Balaban J connectivity index is 1.86. The van der Waals surface area contributed by atoms with E-state index in [1.807, 2.05) is 72.8 Å². The molecule has 4 rings (SSSR count). The van der Waals surface area contributed by atoms with Gasteiger partial charge in [0.15, 0.2) is 0 Å². The number of nitrogens with zero attached hydrogens (tertiary/aromatic N) is 3. The van der Waals surface area contributed by atoms with Gasteiger partial charge >= 0.3 is 0 Å². The number of hydrogen-bond acceptors (Lipinski definition) is 4. The second-order valence-electron chi connectivity index (χ2n) is 5.99. The number of hydrogen-bond donors (Lipinski definition) is 0. The zero-order valence-corrected chi connectivity index (χ0v) is 14.7. The molecule has 0 amide bonds. The molecule has 0 N–H and O–H groups in total. The maximum absolute atomic E-state index is 13.2. The van der Waals surface area contributed by atoms with Gasteiger partial charge < -0.3 is 4.74 Å². The van der Waals surface area contributed by atoms with Crippen LogP contribution < -0.4 is 4.74 Å². The van der Waals surface area contributed by atoms with Crippen molar-refractivity contribution in [3.05, 3.63) is 90.0 Å². The molecule has 0 aliphatic rings. The summed E-state index contributed by atoms with van der Waals surface area (Å²) in [5.74, 6) is 0.636. The molecule has 5 nitrogen and oxygen atoms in total. The monoisotopic (exact) mass is 355 g/mol. The molecule has 4 aromatic rings. The number of ether oxygens (including phenoxy) is 1. The fraction of sp³-hybridized carbons (Fsp3) is 0.0455. The van der Waals surface area contributed by atoms with Gasteiger partial charge in [0.25, 0.3) is 0 Å². The third-order valence-corrected chi connectivity index (χ3v) is 4.27. The molecular formula is C22H17N3O2. The van der Waals surface area contributed by atoms with E-state index < -0.39 is 0 Å². The maximum Gasteiger partial charge on any atom is 0.211 e. The second-order valence-corrected chi connectivity index (χ2v) is 5.99. The number of rotatable bonds is 5. The van der Waals surface area contributed by atoms with Gasteiger partial charge in [-0.05, 0) is 35.9 Å². The molecule has 0 radical (unpaired) electrons. The molecule has 0 spiro atoms. The van der Waals surface area contributed by atoms with Gasteiger partial charge in [0, 0.05) is 5.56 Å². The van der Waals surface area contributed by atoms with E-state index in [1.54, 1.807) is 23.9 Å². The second kappa shape index (κ2) is 7.25. The lowest BCUT2D eigenvalue weighted by molar-refractivity contribution is 0.105. The summed E-state index contributed by atoms with van der Waals surface area (Å²) < 4.78 is 6.80. The molecule has 0 bridgehead atoms. The van der Waals surface area contributed by atoms with E-state index in [-0.39, 0.29) is 5.78 Å². The van der Waals surface area contributed by atoms with Crippen LogP contribution in [0.4, 0.5) is 0 Å². The number of ketones is 1. The van der Waals surface area contributed by atoms with Crippen LogP contribution in [0, 0.1) is 0 Å². The summed E-state index contributed by atoms with van der Waals surface area (Å²) in [7, 11) is 1.62. The Morgan fingerprint density at radius 2 is 1.63 bits per heavy atom. The first kappa shape index (κ1) is 16.7. The van der Waals surface area contributed by atoms with Gasteiger partial charge in [0.1, 0.15) is 17.0 Å². The highest BCUT2D eigenvalue weighted by molar-refractivity contribution is 6.28. The minimum absolute atomic E-state index is 0.123. The summed E-state index contributed by atoms with van der Waals surface area (Å²) in [6.45, 7) is 0. The summed E-state index contributed by atoms with van der Waals surface area (Å²) in [5.41, 5.74) is 3.41. The number of aromatic nitrogens is 3. The molecule has 1 heterocycles. The first-order chi connectivity index (χ1) is 13.3. The van der Waals surface area contributed by atoms with Crippen molar-refractivity contribution in [3.8, 4) is 5.75 Å². The zero-order chi connectivity index (χ0) is 18.6. The molecule has 0 saturated carbocycles. The van der Waals surface area contributed by atoms with Gasteiger partial charge in [-0.25, -0.2) is 4.68 Å². The minimum Gasteiger partial charge on any atom is -0.497 e. The average molecular weight is 355 g/mol. The van der Waals surface area contributed by atoms with E-state index in [0.717, 1.165) is 22.3 Å². The Kier molecular flexibility index (Phi) is 4.49. The lowest BCUT2D eigenvalue weighted by Crippen LogP contribution is -2.11. The maximum atomic E-state index is 13.2. The third-order valence-electron chi connectivity index (χ3n) is 4.27. The Bertz CT molecular complexity index is 1110. The molecule has 0 saturated heterocycles. The molecule has 132 valence electrons. The van der Waals surface area contributed by atoms with Crippen molar-refractivity contribution in [2.24, 2.45) is 0 Å². The lowest BCUT2D eigenvalue weighted by Gasteiger charge is -2.08. The topological polar surface area (TPSA) is 57.0 Å². The molecule has 0 atom stereocenters. The molecule has 0 aliphatic carbocycles. The van der Waals surface area contributed by atoms with Gasteiger partial charge in [-0.3, -0.25) is 4.79 Å². The van der Waals surface area contributed by atoms with Gasteiger partial charge in [0.05, 0.1) is 12.6 Å². The van der Waals surface area contributed by atoms with Crippen LogP contribution in [-0.4, -0.2) is 27.9 Å². The molecule has 0 aliphatic heterocycles. The van der Waals surface area contributed by atoms with Gasteiger partial charge in [-0.15, -0.1) is 5.10 Å². The Morgan fingerprint density at radius 3 is 2.37 bits per heavy atom. The first-order valence-electron chi connectivity index (χ1n) is 8.52. The van der Waals surface area contributed by atoms with Crippen LogP contribution in [0.15, 0.2) is 78.9 Å². The van der Waals surface area contributed by atoms with Crippen molar-refractivity contribution in [1.29, 1.82) is 0 Å². The number of fused-ring (bicyclic) bond motifs is 1. The predicted molar refractivity (Wildman–Crippen MR) is 105 cm³/mol. The molecule has 0 fully saturated rings. The van der Waals surface area contributed by atoms with Crippen LogP contribution in [0.5, 0.6) is 5.75 Å². The van der Waals surface area contributed by atoms with Crippen molar-refractivity contribution in [2.75, 3.05) is 7.11 Å². The van der Waals surface area contributed by atoms with Crippen molar-refractivity contribution < 1.29 is 9.53 Å². The van der Waals surface area contributed by atoms with E-state index in [2.05, 4.69) is 10.3 Å². The molecule has 1 aromatic heterocycles. The van der Waals surface area contributed by atoms with Crippen molar-refractivity contribution in [1.82, 2.24) is 15.0 Å². The van der Waals surface area contributed by atoms with Crippen molar-refractivity contribution in [2.45, 2.75) is 0 Å². The highest BCUT2D eigenvalue weighted by atomic mass is 16.5. The van der Waals surface area contributed by atoms with Crippen LogP contribution >= 0.6 is 0 Å². The minimum atomic E-state index is -0.123. The van der Waals surface area contributed by atoms with E-state index >= 15 is 0 Å². The average Bonchev–Trinajstić information content (AvgIpc) is 3.16. The molecule has 27 heavy (non-hydrogen) atoms. The van der Waals surface area contributed by atoms with E-state index in [4.69, 9.17) is 4.74 Å². The van der Waals surface area contributed by atoms with E-state index in [0.29, 0.717) is 11.3 Å². The van der Waals surface area contributed by atoms with E-state index in [9.17, 15) is 4.79 Å². The number of carbonyl (C=O) groups is 1. The summed E-state index contributed by atoms with van der Waals surface area (Å²) >= 11 is 0. The smallest absolute Gasteiger partial charge is 0.211 e. The molecular weight excluding hydrogens is 338 g/mol. The lowest BCUT2D eigenvalue weighted by atomic mass is 10.1. The summed E-state index contributed by atoms with van der Waals surface area (Å²) in [6, 6.07) is 24.2. The first-order valence-corrected chi connectivity index (χ1v) is 8.52. The van der Waals surface area contributed by atoms with Crippen LogP contribution in [0.3, 0.4) is 0 Å². The van der Waals surface area contributed by atoms with Crippen molar-refractivity contribution in [3.63, 3.8) is 0 Å². The SMILES string of the molecule is COc1ccc(/C=C(\C(=O)c2ccccc2)n2nnc3ccccc32)cc1. The number of carbonyl (C=O) groups excluding carboxylic acids is 1. The fourth-order valence-corrected chi connectivity index (χ4v) is 2.87. The summed E-state index contributed by atoms with van der Waals surface area (Å²) in [4.78, 5) is 13.2. The summed E-state index contributed by atoms with van der Waals surface area (Å²) in [5, 5.41) is 8.41. The highest BCUT2D eigenvalue weighted by Gasteiger charge is 2.18.